The zero-order valence-electron chi connectivity index (χ0n) is 15.3. The zero-order valence-corrected chi connectivity index (χ0v) is 16.9. The fraction of sp³-hybridized carbons (Fsp3) is 0.812. The molecular weight excluding hydrogens is 346 g/mol. The summed E-state index contributed by atoms with van der Waals surface area (Å²) in [4.78, 5) is 12.4. The lowest BCUT2D eigenvalue weighted by Crippen LogP contribution is -2.44. The Morgan fingerprint density at radius 1 is 1.38 bits per heavy atom. The number of nitrogens with zero attached hydrogens (tertiary/aromatic N) is 3. The van der Waals surface area contributed by atoms with E-state index in [1.165, 1.54) is 11.8 Å². The molecule has 0 spiro atoms. The molecule has 2 heterocycles. The van der Waals surface area contributed by atoms with Gasteiger partial charge in [0.1, 0.15) is 5.82 Å². The van der Waals surface area contributed by atoms with Crippen molar-refractivity contribution < 1.29 is 4.79 Å². The van der Waals surface area contributed by atoms with Crippen molar-refractivity contribution >= 4 is 30.1 Å². The number of hydrogen-bond donors (Lipinski definition) is 2. The molecule has 0 aliphatic carbocycles. The monoisotopic (exact) mass is 375 g/mol. The topological polar surface area (TPSA) is 71.8 Å². The lowest BCUT2D eigenvalue weighted by molar-refractivity contribution is -0.122. The summed E-state index contributed by atoms with van der Waals surface area (Å²) in [6, 6.07) is 0. The third-order valence-electron chi connectivity index (χ3n) is 3.98. The molecule has 138 valence electrons. The number of carbonyl (C=O) groups is 1. The summed E-state index contributed by atoms with van der Waals surface area (Å²) in [7, 11) is 2.01. The maximum Gasteiger partial charge on any atom is 0.233 e. The van der Waals surface area contributed by atoms with E-state index in [2.05, 4.69) is 25.4 Å². The first-order valence-corrected chi connectivity index (χ1v) is 9.28. The average Bonchev–Trinajstić information content (AvgIpc) is 2.84. The highest BCUT2D eigenvalue weighted by Crippen LogP contribution is 2.29. The van der Waals surface area contributed by atoms with Crippen molar-refractivity contribution in [1.82, 2.24) is 25.4 Å². The molecule has 1 aromatic heterocycles. The number of piperidine rings is 1. The van der Waals surface area contributed by atoms with Crippen molar-refractivity contribution in [2.45, 2.75) is 68.8 Å². The molecule has 1 aromatic rings. The van der Waals surface area contributed by atoms with Crippen LogP contribution in [0.25, 0.3) is 0 Å². The van der Waals surface area contributed by atoms with E-state index in [0.717, 1.165) is 43.3 Å². The molecule has 0 aromatic carbocycles. The van der Waals surface area contributed by atoms with E-state index in [1.807, 2.05) is 34.7 Å². The Morgan fingerprint density at radius 2 is 2.00 bits per heavy atom. The van der Waals surface area contributed by atoms with Crippen molar-refractivity contribution in [3.63, 3.8) is 0 Å². The van der Waals surface area contributed by atoms with Gasteiger partial charge < -0.3 is 15.2 Å². The van der Waals surface area contributed by atoms with Gasteiger partial charge >= 0.3 is 0 Å². The smallest absolute Gasteiger partial charge is 0.233 e. The molecule has 1 unspecified atom stereocenters. The van der Waals surface area contributed by atoms with Gasteiger partial charge in [0.15, 0.2) is 5.16 Å². The third-order valence-corrected chi connectivity index (χ3v) is 5.38. The van der Waals surface area contributed by atoms with Gasteiger partial charge in [-0.1, -0.05) is 18.7 Å². The van der Waals surface area contributed by atoms with Crippen LogP contribution in [0.15, 0.2) is 5.16 Å². The lowest BCUT2D eigenvalue weighted by Gasteiger charge is -2.24. The van der Waals surface area contributed by atoms with Gasteiger partial charge in [-0.2, -0.15) is 0 Å². The Labute approximate surface area is 155 Å². The molecule has 2 N–H and O–H groups in total. The van der Waals surface area contributed by atoms with Crippen LogP contribution < -0.4 is 10.6 Å². The highest BCUT2D eigenvalue weighted by molar-refractivity contribution is 8.00. The molecule has 2 rings (SSSR count). The summed E-state index contributed by atoms with van der Waals surface area (Å²) in [6.45, 7) is 10.1. The Morgan fingerprint density at radius 3 is 2.54 bits per heavy atom. The van der Waals surface area contributed by atoms with Crippen LogP contribution >= 0.6 is 24.2 Å². The first-order valence-electron chi connectivity index (χ1n) is 8.40. The standard InChI is InChI=1S/C16H29N5OS.ClH/c1-6-12(14(22)18-16(2,3)4)23-15-20-19-13(21(15)5)11-7-9-17-10-8-11;/h11-12,17H,6-10H2,1-5H3,(H,18,22);1H. The number of hydrogen-bond acceptors (Lipinski definition) is 5. The number of thioether (sulfide) groups is 1. The number of halogens is 1. The minimum absolute atomic E-state index is 0. The fourth-order valence-electron chi connectivity index (χ4n) is 2.76. The molecule has 0 bridgehead atoms. The molecular formula is C16H30ClN5OS. The largest absolute Gasteiger partial charge is 0.351 e. The van der Waals surface area contributed by atoms with Crippen LogP contribution in [0.1, 0.15) is 58.7 Å². The van der Waals surface area contributed by atoms with E-state index in [0.29, 0.717) is 5.92 Å². The Hall–Kier alpha value is -0.790. The highest BCUT2D eigenvalue weighted by Gasteiger charge is 2.26. The molecule has 6 nitrogen and oxygen atoms in total. The number of rotatable bonds is 5. The SMILES string of the molecule is CCC(Sc1nnc(C2CCNCC2)n1C)C(=O)NC(C)(C)C.Cl. The van der Waals surface area contributed by atoms with Gasteiger partial charge in [-0.25, -0.2) is 0 Å². The number of carbonyl (C=O) groups excluding carboxylic acids is 1. The summed E-state index contributed by atoms with van der Waals surface area (Å²) in [5.41, 5.74) is -0.217. The Balaban J connectivity index is 0.00000288. The van der Waals surface area contributed by atoms with Gasteiger partial charge in [0.05, 0.1) is 5.25 Å². The van der Waals surface area contributed by atoms with E-state index in [4.69, 9.17) is 0 Å². The quantitative estimate of drug-likeness (QED) is 0.773. The van der Waals surface area contributed by atoms with Crippen LogP contribution in [0.2, 0.25) is 0 Å². The molecule has 1 atom stereocenters. The van der Waals surface area contributed by atoms with Crippen molar-refractivity contribution in [3.8, 4) is 0 Å². The second kappa shape index (κ2) is 9.06. The summed E-state index contributed by atoms with van der Waals surface area (Å²) >= 11 is 1.51. The molecule has 24 heavy (non-hydrogen) atoms. The van der Waals surface area contributed by atoms with Crippen LogP contribution in [0.3, 0.4) is 0 Å². The van der Waals surface area contributed by atoms with Gasteiger partial charge in [0.2, 0.25) is 5.91 Å². The maximum atomic E-state index is 12.4. The van der Waals surface area contributed by atoms with Crippen LogP contribution in [0.5, 0.6) is 0 Å². The first-order chi connectivity index (χ1) is 10.8. The molecule has 1 fully saturated rings. The Kier molecular flexibility index (Phi) is 8.02. The van der Waals surface area contributed by atoms with Crippen LogP contribution in [0.4, 0.5) is 0 Å². The molecule has 1 aliphatic heterocycles. The van der Waals surface area contributed by atoms with Gasteiger partial charge in [0, 0.05) is 18.5 Å². The molecule has 0 saturated carbocycles. The number of nitrogens with one attached hydrogen (secondary N) is 2. The van der Waals surface area contributed by atoms with Crippen molar-refractivity contribution in [3.05, 3.63) is 5.82 Å². The predicted molar refractivity (Wildman–Crippen MR) is 101 cm³/mol. The first kappa shape index (κ1) is 21.3. The molecule has 8 heteroatoms. The van der Waals surface area contributed by atoms with Crippen LogP contribution in [-0.2, 0) is 11.8 Å². The van der Waals surface area contributed by atoms with E-state index < -0.39 is 0 Å². The molecule has 0 radical (unpaired) electrons. The van der Waals surface area contributed by atoms with Crippen molar-refractivity contribution in [1.29, 1.82) is 0 Å². The summed E-state index contributed by atoms with van der Waals surface area (Å²) in [5.74, 6) is 1.57. The number of amides is 1. The molecule has 1 aliphatic rings. The van der Waals surface area contributed by atoms with Crippen molar-refractivity contribution in [2.75, 3.05) is 13.1 Å². The van der Waals surface area contributed by atoms with Gasteiger partial charge in [-0.3, -0.25) is 4.79 Å². The predicted octanol–water partition coefficient (Wildman–Crippen LogP) is 2.49. The summed E-state index contributed by atoms with van der Waals surface area (Å²) in [6.07, 6.45) is 2.96. The second-order valence-corrected chi connectivity index (χ2v) is 8.35. The van der Waals surface area contributed by atoms with E-state index >= 15 is 0 Å². The van der Waals surface area contributed by atoms with Gasteiger partial charge in [-0.15, -0.1) is 22.6 Å². The Bertz CT molecular complexity index is 537. The normalized spacial score (nSPS) is 17.2. The van der Waals surface area contributed by atoms with Crippen molar-refractivity contribution in [2.24, 2.45) is 7.05 Å². The average molecular weight is 376 g/mol. The van der Waals surface area contributed by atoms with E-state index in [-0.39, 0.29) is 29.1 Å². The minimum atomic E-state index is -0.217. The minimum Gasteiger partial charge on any atom is -0.351 e. The summed E-state index contributed by atoms with van der Waals surface area (Å²) in [5, 5.41) is 15.8. The fourth-order valence-corrected chi connectivity index (χ4v) is 3.69. The van der Waals surface area contributed by atoms with E-state index in [9.17, 15) is 4.79 Å². The van der Waals surface area contributed by atoms with Crippen LogP contribution in [0, 0.1) is 0 Å². The third kappa shape index (κ3) is 5.63. The van der Waals surface area contributed by atoms with E-state index in [1.54, 1.807) is 0 Å². The van der Waals surface area contributed by atoms with Gasteiger partial charge in [-0.05, 0) is 53.1 Å². The molecule has 1 saturated heterocycles. The summed E-state index contributed by atoms with van der Waals surface area (Å²) < 4.78 is 2.06. The molecule has 1 amide bonds. The second-order valence-electron chi connectivity index (χ2n) is 7.18. The van der Waals surface area contributed by atoms with Crippen LogP contribution in [-0.4, -0.2) is 44.6 Å². The number of aromatic nitrogens is 3. The lowest BCUT2D eigenvalue weighted by atomic mass is 9.97. The maximum absolute atomic E-state index is 12.4. The zero-order chi connectivity index (χ0) is 17.0. The highest BCUT2D eigenvalue weighted by atomic mass is 35.5. The van der Waals surface area contributed by atoms with Gasteiger partial charge in [0.25, 0.3) is 0 Å².